The summed E-state index contributed by atoms with van der Waals surface area (Å²) in [5.41, 5.74) is 2.29. The first-order valence-electron chi connectivity index (χ1n) is 9.46. The van der Waals surface area contributed by atoms with Crippen molar-refractivity contribution in [1.82, 2.24) is 19.2 Å². The van der Waals surface area contributed by atoms with Crippen LogP contribution < -0.4 is 4.90 Å². The molecule has 148 valence electrons. The Bertz CT molecular complexity index is 1000. The number of nitrogens with zero attached hydrogens (tertiary/aromatic N) is 5. The summed E-state index contributed by atoms with van der Waals surface area (Å²) < 4.78 is 11.1. The first kappa shape index (κ1) is 19.4. The number of furan rings is 1. The molecule has 0 amide bonds. The smallest absolute Gasteiger partial charge is 0.230 e. The highest BCUT2D eigenvalue weighted by atomic mass is 79.9. The van der Waals surface area contributed by atoms with Gasteiger partial charge in [0, 0.05) is 13.1 Å². The van der Waals surface area contributed by atoms with Gasteiger partial charge in [0.1, 0.15) is 5.76 Å². The largest absolute Gasteiger partial charge is 0.453 e. The van der Waals surface area contributed by atoms with Crippen molar-refractivity contribution in [3.8, 4) is 5.69 Å². The Hall–Kier alpha value is -1.90. The van der Waals surface area contributed by atoms with Crippen molar-refractivity contribution in [3.05, 3.63) is 57.2 Å². The maximum absolute atomic E-state index is 5.83. The lowest BCUT2D eigenvalue weighted by Crippen LogP contribution is -2.23. The van der Waals surface area contributed by atoms with Crippen LogP contribution in [-0.2, 0) is 13.2 Å². The van der Waals surface area contributed by atoms with E-state index >= 15 is 0 Å². The fraction of sp³-hybridized carbons (Fsp3) is 0.400. The average Bonchev–Trinajstić information content (AvgIpc) is 3.38. The first-order valence-corrected chi connectivity index (χ1v) is 10.7. The minimum Gasteiger partial charge on any atom is -0.453 e. The Morgan fingerprint density at radius 1 is 1.14 bits per heavy atom. The van der Waals surface area contributed by atoms with Crippen LogP contribution in [-0.4, -0.2) is 39.4 Å². The van der Waals surface area contributed by atoms with Crippen molar-refractivity contribution in [2.75, 3.05) is 25.0 Å². The van der Waals surface area contributed by atoms with Gasteiger partial charge in [-0.05, 0) is 79.2 Å². The Kier molecular flexibility index (Phi) is 5.70. The van der Waals surface area contributed by atoms with Gasteiger partial charge in [0.2, 0.25) is 10.7 Å². The summed E-state index contributed by atoms with van der Waals surface area (Å²) in [7, 11) is 2.04. The maximum atomic E-state index is 5.83. The first-order chi connectivity index (χ1) is 13.5. The van der Waals surface area contributed by atoms with E-state index in [1.807, 2.05) is 23.9 Å². The van der Waals surface area contributed by atoms with E-state index < -0.39 is 0 Å². The highest BCUT2D eigenvalue weighted by molar-refractivity contribution is 9.10. The van der Waals surface area contributed by atoms with Crippen LogP contribution in [0.1, 0.15) is 24.2 Å². The van der Waals surface area contributed by atoms with E-state index in [2.05, 4.69) is 61.5 Å². The van der Waals surface area contributed by atoms with Crippen molar-refractivity contribution >= 4 is 34.1 Å². The molecule has 0 saturated carbocycles. The number of aryl methyl sites for hydroxylation is 1. The van der Waals surface area contributed by atoms with Gasteiger partial charge < -0.3 is 9.32 Å². The van der Waals surface area contributed by atoms with Gasteiger partial charge in [-0.1, -0.05) is 17.7 Å². The van der Waals surface area contributed by atoms with Crippen LogP contribution in [0, 0.1) is 11.7 Å². The zero-order valence-electron chi connectivity index (χ0n) is 16.1. The predicted octanol–water partition coefficient (Wildman–Crippen LogP) is 4.76. The molecule has 1 aliphatic heterocycles. The van der Waals surface area contributed by atoms with Crippen LogP contribution in [0.4, 0.5) is 5.95 Å². The SMILES string of the molecule is Cc1ccc(-n2c(N3CCCC3)nn(CN(C)Cc3ccc(Br)o3)c2=S)cc1. The van der Waals surface area contributed by atoms with Crippen molar-refractivity contribution in [2.24, 2.45) is 0 Å². The summed E-state index contributed by atoms with van der Waals surface area (Å²) in [5, 5.41) is 4.90. The quantitative estimate of drug-likeness (QED) is 0.495. The number of anilines is 1. The van der Waals surface area contributed by atoms with Crippen LogP contribution >= 0.6 is 28.1 Å². The van der Waals surface area contributed by atoms with E-state index in [-0.39, 0.29) is 0 Å². The van der Waals surface area contributed by atoms with E-state index in [4.69, 9.17) is 21.7 Å². The molecule has 1 aromatic carbocycles. The number of hydrogen-bond acceptors (Lipinski definition) is 5. The van der Waals surface area contributed by atoms with Crippen molar-refractivity contribution in [2.45, 2.75) is 33.0 Å². The molecule has 1 saturated heterocycles. The van der Waals surface area contributed by atoms with E-state index in [0.29, 0.717) is 18.0 Å². The molecule has 0 aliphatic carbocycles. The Morgan fingerprint density at radius 2 is 1.86 bits per heavy atom. The highest BCUT2D eigenvalue weighted by Gasteiger charge is 2.22. The molecular weight excluding hydrogens is 438 g/mol. The predicted molar refractivity (Wildman–Crippen MR) is 116 cm³/mol. The van der Waals surface area contributed by atoms with Gasteiger partial charge in [0.05, 0.1) is 18.9 Å². The Morgan fingerprint density at radius 3 is 2.50 bits per heavy atom. The van der Waals surface area contributed by atoms with Crippen LogP contribution in [0.5, 0.6) is 0 Å². The van der Waals surface area contributed by atoms with Gasteiger partial charge in [-0.25, -0.2) is 4.68 Å². The lowest BCUT2D eigenvalue weighted by molar-refractivity contribution is 0.225. The molecule has 1 fully saturated rings. The van der Waals surface area contributed by atoms with Crippen molar-refractivity contribution < 1.29 is 4.42 Å². The summed E-state index contributed by atoms with van der Waals surface area (Å²) in [5.74, 6) is 1.83. The second-order valence-corrected chi connectivity index (χ2v) is 8.46. The molecule has 0 N–H and O–H groups in total. The van der Waals surface area contributed by atoms with E-state index in [9.17, 15) is 0 Å². The van der Waals surface area contributed by atoms with Crippen molar-refractivity contribution in [1.29, 1.82) is 0 Å². The monoisotopic (exact) mass is 461 g/mol. The molecule has 28 heavy (non-hydrogen) atoms. The zero-order chi connectivity index (χ0) is 19.7. The van der Waals surface area contributed by atoms with Crippen LogP contribution in [0.2, 0.25) is 0 Å². The molecule has 8 heteroatoms. The number of aromatic nitrogens is 3. The second kappa shape index (κ2) is 8.23. The number of benzene rings is 1. The van der Waals surface area contributed by atoms with E-state index in [1.165, 1.54) is 18.4 Å². The minimum atomic E-state index is 0.594. The lowest BCUT2D eigenvalue weighted by Gasteiger charge is -2.17. The molecule has 0 atom stereocenters. The van der Waals surface area contributed by atoms with Crippen LogP contribution in [0.3, 0.4) is 0 Å². The zero-order valence-corrected chi connectivity index (χ0v) is 18.5. The Balaban J connectivity index is 1.65. The topological polar surface area (TPSA) is 42.4 Å². The van der Waals surface area contributed by atoms with E-state index in [0.717, 1.165) is 35.2 Å². The molecule has 2 aromatic heterocycles. The molecule has 0 radical (unpaired) electrons. The summed E-state index contributed by atoms with van der Waals surface area (Å²) in [4.78, 5) is 4.47. The summed E-state index contributed by atoms with van der Waals surface area (Å²) in [6, 6.07) is 12.3. The minimum absolute atomic E-state index is 0.594. The molecule has 6 nitrogen and oxygen atoms in total. The molecule has 4 rings (SSSR count). The molecular formula is C20H24BrN5OS. The third kappa shape index (κ3) is 4.09. The van der Waals surface area contributed by atoms with Crippen LogP contribution in [0.25, 0.3) is 5.69 Å². The number of hydrogen-bond donors (Lipinski definition) is 0. The third-order valence-corrected chi connectivity index (χ3v) is 5.75. The molecule has 3 heterocycles. The summed E-state index contributed by atoms with van der Waals surface area (Å²) in [6.45, 7) is 5.41. The summed E-state index contributed by atoms with van der Waals surface area (Å²) in [6.07, 6.45) is 2.39. The number of rotatable bonds is 6. The highest BCUT2D eigenvalue weighted by Crippen LogP contribution is 2.24. The fourth-order valence-corrected chi connectivity index (χ4v) is 4.14. The molecule has 3 aromatic rings. The molecule has 0 unspecified atom stereocenters. The second-order valence-electron chi connectivity index (χ2n) is 7.31. The van der Waals surface area contributed by atoms with Crippen LogP contribution in [0.15, 0.2) is 45.5 Å². The maximum Gasteiger partial charge on any atom is 0.230 e. The molecule has 1 aliphatic rings. The van der Waals surface area contributed by atoms with Gasteiger partial charge in [0.25, 0.3) is 0 Å². The number of halogens is 1. The standard InChI is InChI=1S/C20H24BrN5OS/c1-15-5-7-16(8-6-15)26-19(24-11-3-4-12-24)22-25(20(26)28)14-23(2)13-17-9-10-18(21)27-17/h5-10H,3-4,11-14H2,1-2H3. The molecule has 0 bridgehead atoms. The van der Waals surface area contributed by atoms with E-state index in [1.54, 1.807) is 0 Å². The Labute approximate surface area is 178 Å². The van der Waals surface area contributed by atoms with Crippen molar-refractivity contribution in [3.63, 3.8) is 0 Å². The summed E-state index contributed by atoms with van der Waals surface area (Å²) >= 11 is 9.18. The van der Waals surface area contributed by atoms with Gasteiger partial charge >= 0.3 is 0 Å². The van der Waals surface area contributed by atoms with Gasteiger partial charge in [-0.15, -0.1) is 5.10 Å². The lowest BCUT2D eigenvalue weighted by atomic mass is 10.2. The normalized spacial score (nSPS) is 14.4. The molecule has 0 spiro atoms. The van der Waals surface area contributed by atoms with Gasteiger partial charge in [0.15, 0.2) is 4.67 Å². The fourth-order valence-electron chi connectivity index (χ4n) is 3.51. The average molecular weight is 462 g/mol. The van der Waals surface area contributed by atoms with Gasteiger partial charge in [-0.2, -0.15) is 0 Å². The van der Waals surface area contributed by atoms with Gasteiger partial charge in [-0.3, -0.25) is 9.47 Å². The third-order valence-electron chi connectivity index (χ3n) is 4.93.